The lowest BCUT2D eigenvalue weighted by Crippen LogP contribution is -2.39. The van der Waals surface area contributed by atoms with Gasteiger partial charge in [0.15, 0.2) is 0 Å². The molecule has 0 spiro atoms. The van der Waals surface area contributed by atoms with Crippen LogP contribution in [0.5, 0.6) is 0 Å². The highest BCUT2D eigenvalue weighted by Crippen LogP contribution is 2.10. The van der Waals surface area contributed by atoms with E-state index < -0.39 is 23.4 Å². The zero-order chi connectivity index (χ0) is 16.3. The van der Waals surface area contributed by atoms with Gasteiger partial charge in [-0.1, -0.05) is 6.92 Å². The number of carbonyl (C=O) groups is 2. The fraction of sp³-hybridized carbons (Fsp3) is 0.571. The Balaban J connectivity index is 3.10. The number of esters is 1. The molecular formula is C14H21N3O4. The molecule has 0 bridgehead atoms. The minimum atomic E-state index is -0.462. The molecule has 7 heteroatoms. The summed E-state index contributed by atoms with van der Waals surface area (Å²) in [6.07, 6.45) is 0. The molecule has 1 rings (SSSR count). The maximum atomic E-state index is 12.5. The molecule has 0 radical (unpaired) electrons. The lowest BCUT2D eigenvalue weighted by atomic mass is 10.1. The summed E-state index contributed by atoms with van der Waals surface area (Å²) >= 11 is 0. The van der Waals surface area contributed by atoms with Crippen LogP contribution in [-0.2, 0) is 16.6 Å². The number of aromatic nitrogens is 2. The number of amides is 1. The molecule has 1 aromatic rings. The molecule has 1 aromatic heterocycles. The van der Waals surface area contributed by atoms with Crippen LogP contribution in [0.1, 0.15) is 28.5 Å². The third-order valence-corrected chi connectivity index (χ3v) is 3.44. The summed E-state index contributed by atoms with van der Waals surface area (Å²) in [7, 11) is 4.35. The van der Waals surface area contributed by atoms with Crippen LogP contribution in [0.25, 0.3) is 0 Å². The van der Waals surface area contributed by atoms with Crippen molar-refractivity contribution in [3.05, 3.63) is 27.2 Å². The summed E-state index contributed by atoms with van der Waals surface area (Å²) in [5.74, 6) is -1.28. The summed E-state index contributed by atoms with van der Waals surface area (Å²) < 4.78 is 5.78. The van der Waals surface area contributed by atoms with E-state index in [4.69, 9.17) is 0 Å². The van der Waals surface area contributed by atoms with Crippen molar-refractivity contribution in [1.29, 1.82) is 0 Å². The fourth-order valence-electron chi connectivity index (χ4n) is 2.06. The second-order valence-electron chi connectivity index (χ2n) is 5.12. The molecule has 7 nitrogen and oxygen atoms in total. The van der Waals surface area contributed by atoms with Crippen LogP contribution >= 0.6 is 0 Å². The van der Waals surface area contributed by atoms with Gasteiger partial charge in [0.25, 0.3) is 11.5 Å². The largest absolute Gasteiger partial charge is 0.469 e. The van der Waals surface area contributed by atoms with Crippen molar-refractivity contribution in [2.24, 2.45) is 13.0 Å². The van der Waals surface area contributed by atoms with Crippen molar-refractivity contribution in [3.63, 3.8) is 0 Å². The highest BCUT2D eigenvalue weighted by Gasteiger charge is 2.24. The van der Waals surface area contributed by atoms with Gasteiger partial charge in [0.1, 0.15) is 5.56 Å². The van der Waals surface area contributed by atoms with Crippen molar-refractivity contribution >= 4 is 11.9 Å². The number of hydrogen-bond acceptors (Lipinski definition) is 5. The van der Waals surface area contributed by atoms with E-state index in [1.54, 1.807) is 27.8 Å². The SMILES string of the molecule is COC(=O)C(C)CN(C)C(=O)c1c(C)c(C)nn(C)c1=O. The Morgan fingerprint density at radius 1 is 1.38 bits per heavy atom. The quantitative estimate of drug-likeness (QED) is 0.745. The molecule has 0 aliphatic heterocycles. The molecule has 1 atom stereocenters. The molecule has 21 heavy (non-hydrogen) atoms. The molecule has 1 unspecified atom stereocenters. The first-order chi connectivity index (χ1) is 9.70. The summed E-state index contributed by atoms with van der Waals surface area (Å²) in [6, 6.07) is 0. The second kappa shape index (κ2) is 6.51. The van der Waals surface area contributed by atoms with E-state index in [1.807, 2.05) is 0 Å². The first-order valence-corrected chi connectivity index (χ1v) is 6.58. The van der Waals surface area contributed by atoms with Gasteiger partial charge in [-0.3, -0.25) is 14.4 Å². The number of aryl methyl sites for hydroxylation is 2. The Bertz CT molecular complexity index is 621. The summed E-state index contributed by atoms with van der Waals surface area (Å²) in [5, 5.41) is 4.04. The fourth-order valence-corrected chi connectivity index (χ4v) is 2.06. The van der Waals surface area contributed by atoms with Crippen LogP contribution in [0.4, 0.5) is 0 Å². The van der Waals surface area contributed by atoms with E-state index >= 15 is 0 Å². The van der Waals surface area contributed by atoms with E-state index in [9.17, 15) is 14.4 Å². The van der Waals surface area contributed by atoms with Crippen molar-refractivity contribution in [3.8, 4) is 0 Å². The van der Waals surface area contributed by atoms with Gasteiger partial charge in [0.2, 0.25) is 0 Å². The second-order valence-corrected chi connectivity index (χ2v) is 5.12. The van der Waals surface area contributed by atoms with E-state index in [0.717, 1.165) is 4.68 Å². The number of hydrogen-bond donors (Lipinski definition) is 0. The Morgan fingerprint density at radius 3 is 2.48 bits per heavy atom. The topological polar surface area (TPSA) is 81.5 Å². The molecule has 0 N–H and O–H groups in total. The van der Waals surface area contributed by atoms with E-state index in [2.05, 4.69) is 9.84 Å². The van der Waals surface area contributed by atoms with Gasteiger partial charge in [-0.15, -0.1) is 0 Å². The average molecular weight is 295 g/mol. The van der Waals surface area contributed by atoms with Gasteiger partial charge in [0.05, 0.1) is 18.7 Å². The first kappa shape index (κ1) is 16.9. The van der Waals surface area contributed by atoms with Gasteiger partial charge in [0, 0.05) is 20.6 Å². The monoisotopic (exact) mass is 295 g/mol. The van der Waals surface area contributed by atoms with E-state index in [0.29, 0.717) is 11.3 Å². The summed E-state index contributed by atoms with van der Waals surface area (Å²) in [5.41, 5.74) is 0.820. The number of rotatable bonds is 4. The van der Waals surface area contributed by atoms with Crippen LogP contribution in [0.15, 0.2) is 4.79 Å². The number of carbonyl (C=O) groups excluding carboxylic acids is 2. The molecule has 0 saturated heterocycles. The summed E-state index contributed by atoms with van der Waals surface area (Å²) in [6.45, 7) is 5.27. The molecule has 1 amide bonds. The average Bonchev–Trinajstić information content (AvgIpc) is 2.44. The van der Waals surface area contributed by atoms with Gasteiger partial charge in [-0.25, -0.2) is 4.68 Å². The van der Waals surface area contributed by atoms with E-state index in [1.165, 1.54) is 19.1 Å². The standard InChI is InChI=1S/C14H21N3O4/c1-8(14(20)21-6)7-16(4)12(18)11-9(2)10(3)15-17(5)13(11)19/h8H,7H2,1-6H3. The number of nitrogens with zero attached hydrogens (tertiary/aromatic N) is 3. The Labute approximate surface area is 123 Å². The molecule has 0 saturated carbocycles. The minimum Gasteiger partial charge on any atom is -0.469 e. The normalized spacial score (nSPS) is 11.9. The molecule has 116 valence electrons. The number of methoxy groups -OCH3 is 1. The zero-order valence-electron chi connectivity index (χ0n) is 13.3. The maximum Gasteiger partial charge on any atom is 0.310 e. The Kier molecular flexibility index (Phi) is 5.23. The zero-order valence-corrected chi connectivity index (χ0v) is 13.3. The minimum absolute atomic E-state index is 0.0876. The third-order valence-electron chi connectivity index (χ3n) is 3.44. The van der Waals surface area contributed by atoms with Crippen LogP contribution in [0.3, 0.4) is 0 Å². The van der Waals surface area contributed by atoms with Crippen molar-refractivity contribution in [2.75, 3.05) is 20.7 Å². The maximum absolute atomic E-state index is 12.5. The van der Waals surface area contributed by atoms with Crippen LogP contribution in [-0.4, -0.2) is 47.3 Å². The van der Waals surface area contributed by atoms with Gasteiger partial charge in [-0.05, 0) is 19.4 Å². The number of ether oxygens (including phenoxy) is 1. The molecule has 0 aliphatic carbocycles. The summed E-state index contributed by atoms with van der Waals surface area (Å²) in [4.78, 5) is 37.4. The van der Waals surface area contributed by atoms with Crippen LogP contribution in [0.2, 0.25) is 0 Å². The van der Waals surface area contributed by atoms with Crippen molar-refractivity contribution < 1.29 is 14.3 Å². The van der Waals surface area contributed by atoms with Crippen LogP contribution in [0, 0.1) is 19.8 Å². The highest BCUT2D eigenvalue weighted by molar-refractivity contribution is 5.95. The Hall–Kier alpha value is -2.18. The van der Waals surface area contributed by atoms with E-state index in [-0.39, 0.29) is 12.1 Å². The predicted molar refractivity (Wildman–Crippen MR) is 77.1 cm³/mol. The van der Waals surface area contributed by atoms with Gasteiger partial charge < -0.3 is 9.64 Å². The highest BCUT2D eigenvalue weighted by atomic mass is 16.5. The first-order valence-electron chi connectivity index (χ1n) is 6.58. The van der Waals surface area contributed by atoms with Gasteiger partial charge >= 0.3 is 5.97 Å². The Morgan fingerprint density at radius 2 is 1.95 bits per heavy atom. The van der Waals surface area contributed by atoms with Crippen molar-refractivity contribution in [1.82, 2.24) is 14.7 Å². The van der Waals surface area contributed by atoms with Crippen LogP contribution < -0.4 is 5.56 Å². The molecule has 0 aliphatic rings. The van der Waals surface area contributed by atoms with Gasteiger partial charge in [-0.2, -0.15) is 5.10 Å². The lowest BCUT2D eigenvalue weighted by Gasteiger charge is -2.21. The molecular weight excluding hydrogens is 274 g/mol. The van der Waals surface area contributed by atoms with Crippen molar-refractivity contribution in [2.45, 2.75) is 20.8 Å². The third kappa shape index (κ3) is 3.48. The lowest BCUT2D eigenvalue weighted by molar-refractivity contribution is -0.145. The molecule has 0 aromatic carbocycles. The predicted octanol–water partition coefficient (Wildman–Crippen LogP) is 0.278. The molecule has 0 fully saturated rings. The molecule has 1 heterocycles. The smallest absolute Gasteiger partial charge is 0.310 e.